The van der Waals surface area contributed by atoms with E-state index in [1.807, 2.05) is 12.1 Å². The number of rotatable bonds is 6. The molecule has 0 bridgehead atoms. The van der Waals surface area contributed by atoms with Crippen molar-refractivity contribution in [3.8, 4) is 5.82 Å². The van der Waals surface area contributed by atoms with Crippen molar-refractivity contribution < 1.29 is 18.7 Å². The molecule has 0 fully saturated rings. The smallest absolute Gasteiger partial charge is 0.340 e. The zero-order valence-electron chi connectivity index (χ0n) is 17.7. The first-order valence-electron chi connectivity index (χ1n) is 10.4. The number of ether oxygens (including phenoxy) is 1. The van der Waals surface area contributed by atoms with Crippen LogP contribution in [-0.2, 0) is 9.53 Å². The van der Waals surface area contributed by atoms with E-state index >= 15 is 0 Å². The lowest BCUT2D eigenvalue weighted by molar-refractivity contribution is -0.136. The number of hydrazone groups is 1. The summed E-state index contributed by atoms with van der Waals surface area (Å²) in [5.74, 6) is 0.00852. The van der Waals surface area contributed by atoms with Crippen molar-refractivity contribution >= 4 is 29.2 Å². The van der Waals surface area contributed by atoms with Gasteiger partial charge in [0, 0.05) is 30.0 Å². The van der Waals surface area contributed by atoms with Crippen LogP contribution >= 0.6 is 11.6 Å². The third kappa shape index (κ3) is 4.46. The number of pyridine rings is 1. The number of furan rings is 1. The summed E-state index contributed by atoms with van der Waals surface area (Å²) in [5, 5.41) is 10.5. The molecule has 0 N–H and O–H groups in total. The maximum Gasteiger partial charge on any atom is 0.340 e. The van der Waals surface area contributed by atoms with E-state index in [0.717, 1.165) is 5.56 Å². The Kier molecular flexibility index (Phi) is 5.92. The number of carbonyl (C=O) groups excluding carboxylic acids is 2. The molecule has 4 aromatic rings. The highest BCUT2D eigenvalue weighted by atomic mass is 35.5. The number of halogens is 1. The molecular formula is C24H18ClN5O4. The standard InChI is InChI=1S/C24H18ClN5O4/c25-18-7-4-16(5-8-18)19-13-20(21-3-1-12-33-21)30(28-19)23(31)15-34-24(32)17-6-9-22(26-14-17)29-11-2-10-27-29/h1-12,14,20H,13,15H2. The van der Waals surface area contributed by atoms with Gasteiger partial charge in [-0.1, -0.05) is 23.7 Å². The molecule has 170 valence electrons. The van der Waals surface area contributed by atoms with Crippen LogP contribution in [0.1, 0.15) is 34.1 Å². The summed E-state index contributed by atoms with van der Waals surface area (Å²) in [5.41, 5.74) is 1.77. The first kappa shape index (κ1) is 21.6. The van der Waals surface area contributed by atoms with E-state index in [0.29, 0.717) is 28.7 Å². The molecule has 0 saturated heterocycles. The van der Waals surface area contributed by atoms with Crippen LogP contribution in [0.5, 0.6) is 0 Å². The summed E-state index contributed by atoms with van der Waals surface area (Å²) < 4.78 is 12.3. The molecule has 1 amide bonds. The fourth-order valence-electron chi connectivity index (χ4n) is 3.58. The molecule has 1 aliphatic rings. The van der Waals surface area contributed by atoms with Crippen molar-refractivity contribution in [2.24, 2.45) is 5.10 Å². The highest BCUT2D eigenvalue weighted by molar-refractivity contribution is 6.30. The van der Waals surface area contributed by atoms with Crippen molar-refractivity contribution in [3.05, 3.63) is 101 Å². The average molecular weight is 476 g/mol. The molecule has 0 spiro atoms. The van der Waals surface area contributed by atoms with Gasteiger partial charge < -0.3 is 9.15 Å². The Morgan fingerprint density at radius 1 is 1.12 bits per heavy atom. The third-order valence-corrected chi connectivity index (χ3v) is 5.52. The van der Waals surface area contributed by atoms with Crippen LogP contribution in [-0.4, -0.2) is 44.0 Å². The SMILES string of the molecule is O=C(OCC(=O)N1N=C(c2ccc(Cl)cc2)CC1c1ccco1)c1ccc(-n2cccn2)nc1. The number of nitrogens with zero attached hydrogens (tertiary/aromatic N) is 5. The van der Waals surface area contributed by atoms with Gasteiger partial charge in [0.05, 0.1) is 17.5 Å². The summed E-state index contributed by atoms with van der Waals surface area (Å²) in [6.45, 7) is -0.478. The molecule has 9 nitrogen and oxygen atoms in total. The third-order valence-electron chi connectivity index (χ3n) is 5.26. The molecule has 34 heavy (non-hydrogen) atoms. The van der Waals surface area contributed by atoms with Gasteiger partial charge in [-0.05, 0) is 48.0 Å². The van der Waals surface area contributed by atoms with Crippen molar-refractivity contribution in [2.45, 2.75) is 12.5 Å². The summed E-state index contributed by atoms with van der Waals surface area (Å²) in [7, 11) is 0. The van der Waals surface area contributed by atoms with Crippen molar-refractivity contribution in [2.75, 3.05) is 6.61 Å². The van der Waals surface area contributed by atoms with E-state index in [4.69, 9.17) is 20.8 Å². The zero-order valence-corrected chi connectivity index (χ0v) is 18.5. The Balaban J connectivity index is 1.28. The van der Waals surface area contributed by atoms with Gasteiger partial charge >= 0.3 is 5.97 Å². The van der Waals surface area contributed by atoms with Crippen LogP contribution in [0.2, 0.25) is 5.02 Å². The predicted octanol–water partition coefficient (Wildman–Crippen LogP) is 4.05. The molecule has 0 saturated carbocycles. The molecule has 1 atom stereocenters. The van der Waals surface area contributed by atoms with E-state index in [2.05, 4.69) is 15.2 Å². The quantitative estimate of drug-likeness (QED) is 0.390. The number of aromatic nitrogens is 3. The Morgan fingerprint density at radius 2 is 1.97 bits per heavy atom. The Hall–Kier alpha value is -4.24. The summed E-state index contributed by atoms with van der Waals surface area (Å²) in [6, 6.07) is 15.3. The lowest BCUT2D eigenvalue weighted by Gasteiger charge is -2.19. The highest BCUT2D eigenvalue weighted by Gasteiger charge is 2.35. The van der Waals surface area contributed by atoms with Crippen LogP contribution in [0.25, 0.3) is 5.82 Å². The van der Waals surface area contributed by atoms with Crippen molar-refractivity contribution in [3.63, 3.8) is 0 Å². The summed E-state index contributed by atoms with van der Waals surface area (Å²) in [6.07, 6.45) is 6.74. The maximum absolute atomic E-state index is 13.0. The first-order valence-corrected chi connectivity index (χ1v) is 10.8. The fourth-order valence-corrected chi connectivity index (χ4v) is 3.71. The van der Waals surface area contributed by atoms with E-state index in [-0.39, 0.29) is 5.56 Å². The Bertz CT molecular complexity index is 1320. The van der Waals surface area contributed by atoms with Gasteiger partial charge in [-0.15, -0.1) is 0 Å². The number of esters is 1. The molecule has 5 rings (SSSR count). The molecular weight excluding hydrogens is 458 g/mol. The van der Waals surface area contributed by atoms with E-state index < -0.39 is 24.5 Å². The monoisotopic (exact) mass is 475 g/mol. The van der Waals surface area contributed by atoms with Crippen LogP contribution in [0.15, 0.2) is 89.0 Å². The van der Waals surface area contributed by atoms with Gasteiger partial charge in [-0.3, -0.25) is 4.79 Å². The fraction of sp³-hybridized carbons (Fsp3) is 0.125. The zero-order chi connectivity index (χ0) is 23.5. The molecule has 1 unspecified atom stereocenters. The lowest BCUT2D eigenvalue weighted by Crippen LogP contribution is -2.31. The number of benzene rings is 1. The van der Waals surface area contributed by atoms with Crippen LogP contribution in [0.3, 0.4) is 0 Å². The molecule has 0 aliphatic carbocycles. The van der Waals surface area contributed by atoms with Crippen LogP contribution in [0.4, 0.5) is 0 Å². The Labute approximate surface area is 199 Å². The Morgan fingerprint density at radius 3 is 2.65 bits per heavy atom. The van der Waals surface area contributed by atoms with Crippen molar-refractivity contribution in [1.82, 2.24) is 19.8 Å². The van der Waals surface area contributed by atoms with Gasteiger partial charge in [0.15, 0.2) is 12.4 Å². The molecule has 4 heterocycles. The minimum atomic E-state index is -0.663. The van der Waals surface area contributed by atoms with Gasteiger partial charge in [-0.2, -0.15) is 10.2 Å². The second-order valence-electron chi connectivity index (χ2n) is 7.46. The molecule has 1 aromatic carbocycles. The molecule has 0 radical (unpaired) electrons. The molecule has 1 aliphatic heterocycles. The predicted molar refractivity (Wildman–Crippen MR) is 123 cm³/mol. The number of hydrogen-bond donors (Lipinski definition) is 0. The number of amides is 1. The van der Waals surface area contributed by atoms with Gasteiger partial charge in [0.1, 0.15) is 11.8 Å². The normalized spacial score (nSPS) is 15.3. The largest absolute Gasteiger partial charge is 0.467 e. The number of hydrogen-bond acceptors (Lipinski definition) is 7. The molecule has 10 heteroatoms. The second-order valence-corrected chi connectivity index (χ2v) is 7.90. The van der Waals surface area contributed by atoms with Crippen LogP contribution < -0.4 is 0 Å². The van der Waals surface area contributed by atoms with Crippen LogP contribution in [0, 0.1) is 0 Å². The van der Waals surface area contributed by atoms with Crippen molar-refractivity contribution in [1.29, 1.82) is 0 Å². The first-order chi connectivity index (χ1) is 16.6. The molecule has 3 aromatic heterocycles. The number of carbonyl (C=O) groups is 2. The maximum atomic E-state index is 13.0. The minimum absolute atomic E-state index is 0.220. The summed E-state index contributed by atoms with van der Waals surface area (Å²) in [4.78, 5) is 29.6. The second kappa shape index (κ2) is 9.32. The minimum Gasteiger partial charge on any atom is -0.467 e. The average Bonchev–Trinajstić information content (AvgIpc) is 3.64. The van der Waals surface area contributed by atoms with E-state index in [9.17, 15) is 9.59 Å². The van der Waals surface area contributed by atoms with E-state index in [1.165, 1.54) is 17.5 Å². The van der Waals surface area contributed by atoms with Gasteiger partial charge in [0.25, 0.3) is 5.91 Å². The van der Waals surface area contributed by atoms with E-state index in [1.54, 1.807) is 59.5 Å². The topological polar surface area (TPSA) is 103 Å². The van der Waals surface area contributed by atoms with Gasteiger partial charge in [-0.25, -0.2) is 19.5 Å². The summed E-state index contributed by atoms with van der Waals surface area (Å²) >= 11 is 5.99. The van der Waals surface area contributed by atoms with Gasteiger partial charge in [0.2, 0.25) is 0 Å². The lowest BCUT2D eigenvalue weighted by atomic mass is 10.0. The highest BCUT2D eigenvalue weighted by Crippen LogP contribution is 2.33.